The lowest BCUT2D eigenvalue weighted by atomic mass is 10.1. The third-order valence-corrected chi connectivity index (χ3v) is 14.1. The Balaban J connectivity index is 0.00000736. The Labute approximate surface area is 290 Å². The van der Waals surface area contributed by atoms with Crippen LogP contribution in [0.25, 0.3) is 0 Å². The van der Waals surface area contributed by atoms with Crippen LogP contribution in [0.4, 0.5) is 0 Å². The fraction of sp³-hybridized carbons (Fsp3) is 0.333. The number of hydrogen-bond acceptors (Lipinski definition) is 9. The highest BCUT2D eigenvalue weighted by molar-refractivity contribution is 8.76. The molecule has 2 amide bonds. The Morgan fingerprint density at radius 2 is 1.33 bits per heavy atom. The number of methoxy groups -OCH3 is 2. The first-order valence-electron chi connectivity index (χ1n) is 14.6. The minimum atomic E-state index is -1.93. The fourth-order valence-electron chi connectivity index (χ4n) is 4.78. The van der Waals surface area contributed by atoms with Gasteiger partial charge in [-0.05, 0) is 49.2 Å². The average Bonchev–Trinajstić information content (AvgIpc) is 3.09. The Morgan fingerprint density at radius 3 is 1.80 bits per heavy atom. The summed E-state index contributed by atoms with van der Waals surface area (Å²) in [5, 5.41) is 9.22. The Hall–Kier alpha value is -2.89. The molecule has 0 saturated heterocycles. The molecule has 0 aliphatic carbocycles. The Morgan fingerprint density at radius 1 is 0.804 bits per heavy atom. The molecule has 0 aliphatic heterocycles. The van der Waals surface area contributed by atoms with Gasteiger partial charge in [0.25, 0.3) is 0 Å². The SMILES string of the molecule is COC(=O)CNC(=O)C(CSSCCC[P+](c1ccccc1)(c1ccccc1)c1ccccc1)NC(=O)CCC(N)C(=O)OC.[Br-]. The molecule has 4 N–H and O–H groups in total. The average molecular weight is 751 g/mol. The summed E-state index contributed by atoms with van der Waals surface area (Å²) in [7, 11) is 3.64. The number of nitrogens with one attached hydrogen (secondary N) is 2. The second-order valence-corrected chi connectivity index (χ2v) is 16.3. The number of amides is 2. The van der Waals surface area contributed by atoms with Gasteiger partial charge in [0.15, 0.2) is 0 Å². The summed E-state index contributed by atoms with van der Waals surface area (Å²) in [6.07, 6.45) is 1.92. The van der Waals surface area contributed by atoms with E-state index in [4.69, 9.17) is 5.73 Å². The first kappa shape index (κ1) is 39.3. The Bertz CT molecular complexity index is 1280. The molecule has 9 nitrogen and oxygen atoms in total. The highest BCUT2D eigenvalue weighted by atomic mass is 79.9. The zero-order valence-corrected chi connectivity index (χ0v) is 30.0. The number of rotatable bonds is 18. The van der Waals surface area contributed by atoms with Crippen molar-refractivity contribution in [3.05, 3.63) is 91.0 Å². The summed E-state index contributed by atoms with van der Waals surface area (Å²) in [4.78, 5) is 48.6. The maximum absolute atomic E-state index is 12.9. The molecule has 2 unspecified atom stereocenters. The molecule has 0 heterocycles. The molecule has 0 bridgehead atoms. The van der Waals surface area contributed by atoms with Gasteiger partial charge in [0.1, 0.15) is 41.8 Å². The second-order valence-electron chi connectivity index (χ2n) is 10.1. The van der Waals surface area contributed by atoms with Gasteiger partial charge in [0.2, 0.25) is 11.8 Å². The van der Waals surface area contributed by atoms with E-state index in [1.165, 1.54) is 40.9 Å². The van der Waals surface area contributed by atoms with E-state index in [1.54, 1.807) is 10.8 Å². The predicted octanol–water partition coefficient (Wildman–Crippen LogP) is -0.189. The lowest BCUT2D eigenvalue weighted by molar-refractivity contribution is -0.142. The third kappa shape index (κ3) is 11.7. The number of halogens is 1. The van der Waals surface area contributed by atoms with Gasteiger partial charge < -0.3 is 42.8 Å². The quantitative estimate of drug-likeness (QED) is 0.0700. The van der Waals surface area contributed by atoms with E-state index < -0.39 is 43.1 Å². The molecule has 2 atom stereocenters. The summed E-state index contributed by atoms with van der Waals surface area (Å²) >= 11 is 0. The zero-order valence-electron chi connectivity index (χ0n) is 25.9. The number of carbonyl (C=O) groups is 4. The van der Waals surface area contributed by atoms with Crippen molar-refractivity contribution >= 4 is 68.5 Å². The lowest BCUT2D eigenvalue weighted by Gasteiger charge is -2.27. The van der Waals surface area contributed by atoms with Crippen molar-refractivity contribution in [2.24, 2.45) is 5.73 Å². The lowest BCUT2D eigenvalue weighted by Crippen LogP contribution is -3.00. The van der Waals surface area contributed by atoms with E-state index in [2.05, 4.69) is 92.9 Å². The van der Waals surface area contributed by atoms with Crippen LogP contribution in [0.1, 0.15) is 19.3 Å². The van der Waals surface area contributed by atoms with Crippen molar-refractivity contribution in [2.75, 3.05) is 38.4 Å². The molecule has 0 fully saturated rings. The van der Waals surface area contributed by atoms with Gasteiger partial charge in [-0.2, -0.15) is 0 Å². The molecule has 0 aromatic heterocycles. The van der Waals surface area contributed by atoms with Crippen molar-refractivity contribution in [1.82, 2.24) is 10.6 Å². The molecule has 3 rings (SSSR count). The van der Waals surface area contributed by atoms with Crippen LogP contribution in [-0.2, 0) is 28.7 Å². The van der Waals surface area contributed by atoms with Gasteiger partial charge in [-0.25, -0.2) is 0 Å². The molecule has 0 saturated carbocycles. The van der Waals surface area contributed by atoms with Crippen LogP contribution in [-0.4, -0.2) is 74.3 Å². The first-order valence-corrected chi connectivity index (χ1v) is 19.0. The van der Waals surface area contributed by atoms with Gasteiger partial charge in [-0.1, -0.05) is 76.2 Å². The van der Waals surface area contributed by atoms with Crippen molar-refractivity contribution < 1.29 is 45.6 Å². The molecule has 0 radical (unpaired) electrons. The van der Waals surface area contributed by atoms with E-state index in [0.717, 1.165) is 18.3 Å². The van der Waals surface area contributed by atoms with E-state index >= 15 is 0 Å². The largest absolute Gasteiger partial charge is 1.00 e. The monoisotopic (exact) mass is 749 g/mol. The van der Waals surface area contributed by atoms with E-state index in [1.807, 2.05) is 18.2 Å². The molecular formula is C33H41BrN3O6PS2. The number of ether oxygens (including phenoxy) is 2. The van der Waals surface area contributed by atoms with Gasteiger partial charge >= 0.3 is 11.9 Å². The van der Waals surface area contributed by atoms with E-state index in [-0.39, 0.29) is 42.1 Å². The topological polar surface area (TPSA) is 137 Å². The maximum Gasteiger partial charge on any atom is 0.325 e. The molecular weight excluding hydrogens is 709 g/mol. The van der Waals surface area contributed by atoms with Crippen LogP contribution in [0.2, 0.25) is 0 Å². The summed E-state index contributed by atoms with van der Waals surface area (Å²) in [6, 6.07) is 30.3. The van der Waals surface area contributed by atoms with Crippen LogP contribution in [0.5, 0.6) is 0 Å². The number of carbonyl (C=O) groups excluding carboxylic acids is 4. The molecule has 248 valence electrons. The van der Waals surface area contributed by atoms with Crippen LogP contribution in [0.3, 0.4) is 0 Å². The van der Waals surface area contributed by atoms with Crippen molar-refractivity contribution in [3.63, 3.8) is 0 Å². The fourth-order valence-corrected chi connectivity index (χ4v) is 11.6. The van der Waals surface area contributed by atoms with Crippen LogP contribution >= 0.6 is 28.9 Å². The van der Waals surface area contributed by atoms with Crippen molar-refractivity contribution in [3.8, 4) is 0 Å². The third-order valence-electron chi connectivity index (χ3n) is 7.10. The van der Waals surface area contributed by atoms with Crippen LogP contribution in [0.15, 0.2) is 91.0 Å². The second kappa shape index (κ2) is 21.1. The number of benzene rings is 3. The number of nitrogens with two attached hydrogens (primary N) is 1. The van der Waals surface area contributed by atoms with Crippen molar-refractivity contribution in [1.29, 1.82) is 0 Å². The first-order chi connectivity index (χ1) is 21.8. The summed E-state index contributed by atoms with van der Waals surface area (Å²) in [5.74, 6) is -1.02. The highest BCUT2D eigenvalue weighted by Crippen LogP contribution is 2.56. The predicted molar refractivity (Wildman–Crippen MR) is 186 cm³/mol. The zero-order chi connectivity index (χ0) is 32.5. The maximum atomic E-state index is 12.9. The van der Waals surface area contributed by atoms with Gasteiger partial charge in [-0.15, -0.1) is 0 Å². The summed E-state index contributed by atoms with van der Waals surface area (Å²) in [6.45, 7) is -0.309. The molecule has 3 aromatic rings. The van der Waals surface area contributed by atoms with Gasteiger partial charge in [-0.3, -0.25) is 19.2 Å². The molecule has 46 heavy (non-hydrogen) atoms. The normalized spacial score (nSPS) is 12.2. The summed E-state index contributed by atoms with van der Waals surface area (Å²) < 4.78 is 9.21. The van der Waals surface area contributed by atoms with Gasteiger partial charge in [0.05, 0.1) is 20.4 Å². The summed E-state index contributed by atoms with van der Waals surface area (Å²) in [5.41, 5.74) is 5.74. The van der Waals surface area contributed by atoms with E-state index in [9.17, 15) is 19.2 Å². The standard InChI is InChI=1S/C33H40N3O6PS2.BrH/c1-41-31(38)23-35-32(39)29(36-30(37)20-19-28(34)33(40)42-2)24-45-44-22-12-21-43(25-13-6-3-7-14-25,26-15-8-4-9-16-26)27-17-10-5-11-18-27;/h3-11,13-18,28-29H,12,19-24,34H2,1-2H3,(H-,35,36,37,39);1H. The molecule has 0 spiro atoms. The number of esters is 2. The molecule has 13 heteroatoms. The van der Waals surface area contributed by atoms with Crippen LogP contribution in [0, 0.1) is 0 Å². The minimum absolute atomic E-state index is 0. The smallest absolute Gasteiger partial charge is 0.325 e. The minimum Gasteiger partial charge on any atom is -1.00 e. The highest BCUT2D eigenvalue weighted by Gasteiger charge is 2.44. The van der Waals surface area contributed by atoms with Crippen LogP contribution < -0.4 is 49.3 Å². The molecule has 3 aromatic carbocycles. The number of hydrogen-bond donors (Lipinski definition) is 3. The molecule has 0 aliphatic rings. The van der Waals surface area contributed by atoms with Gasteiger partial charge in [0, 0.05) is 17.9 Å². The van der Waals surface area contributed by atoms with Crippen molar-refractivity contribution in [2.45, 2.75) is 31.3 Å². The Kier molecular flexibility index (Phi) is 18.0. The van der Waals surface area contributed by atoms with E-state index in [0.29, 0.717) is 0 Å².